The number of nitrogens with two attached hydrogens (primary N) is 1. The second-order valence-corrected chi connectivity index (χ2v) is 6.31. The fourth-order valence-electron chi connectivity index (χ4n) is 2.15. The third-order valence-corrected chi connectivity index (χ3v) is 4.47. The lowest BCUT2D eigenvalue weighted by Crippen LogP contribution is -2.52. The Morgan fingerprint density at radius 1 is 1.35 bits per heavy atom. The molecule has 1 saturated heterocycles. The number of pyridine rings is 1. The third kappa shape index (κ3) is 3.53. The van der Waals surface area contributed by atoms with Crippen molar-refractivity contribution in [3.63, 3.8) is 0 Å². The molecule has 2 N–H and O–H groups in total. The van der Waals surface area contributed by atoms with Crippen molar-refractivity contribution in [2.45, 2.75) is 13.3 Å². The van der Waals surface area contributed by atoms with Gasteiger partial charge in [-0.25, -0.2) is 5.14 Å². The van der Waals surface area contributed by atoms with Gasteiger partial charge in [-0.05, 0) is 18.6 Å². The van der Waals surface area contributed by atoms with E-state index in [2.05, 4.69) is 4.98 Å². The van der Waals surface area contributed by atoms with Crippen LogP contribution in [0.4, 0.5) is 0 Å². The highest BCUT2D eigenvalue weighted by atomic mass is 32.2. The minimum Gasteiger partial charge on any atom is -0.340 e. The lowest BCUT2D eigenvalue weighted by Gasteiger charge is -2.33. The van der Waals surface area contributed by atoms with Crippen molar-refractivity contribution in [2.24, 2.45) is 5.14 Å². The first-order valence-electron chi connectivity index (χ1n) is 6.34. The van der Waals surface area contributed by atoms with Gasteiger partial charge in [-0.15, -0.1) is 0 Å². The zero-order valence-electron chi connectivity index (χ0n) is 11.3. The minimum atomic E-state index is -3.66. The lowest BCUT2D eigenvalue weighted by molar-refractivity contribution is -0.131. The first-order valence-corrected chi connectivity index (χ1v) is 7.84. The van der Waals surface area contributed by atoms with Crippen molar-refractivity contribution in [2.75, 3.05) is 26.2 Å². The van der Waals surface area contributed by atoms with Gasteiger partial charge in [-0.3, -0.25) is 9.78 Å². The van der Waals surface area contributed by atoms with E-state index in [0.29, 0.717) is 13.1 Å². The van der Waals surface area contributed by atoms with Crippen LogP contribution in [0.1, 0.15) is 11.3 Å². The summed E-state index contributed by atoms with van der Waals surface area (Å²) in [5, 5.41) is 5.06. The van der Waals surface area contributed by atoms with Crippen LogP contribution in [0.2, 0.25) is 0 Å². The molecule has 1 aromatic rings. The van der Waals surface area contributed by atoms with Gasteiger partial charge in [0.2, 0.25) is 5.91 Å². The molecule has 20 heavy (non-hydrogen) atoms. The van der Waals surface area contributed by atoms with Crippen LogP contribution in [-0.2, 0) is 21.4 Å². The molecule has 0 spiro atoms. The van der Waals surface area contributed by atoms with E-state index in [1.165, 1.54) is 4.31 Å². The van der Waals surface area contributed by atoms with Crippen LogP contribution in [0, 0.1) is 6.92 Å². The minimum absolute atomic E-state index is 0.0409. The average molecular weight is 298 g/mol. The zero-order valence-corrected chi connectivity index (χ0v) is 12.1. The summed E-state index contributed by atoms with van der Waals surface area (Å²) >= 11 is 0. The van der Waals surface area contributed by atoms with Crippen molar-refractivity contribution in [1.82, 2.24) is 14.2 Å². The number of hydrogen-bond acceptors (Lipinski definition) is 4. The van der Waals surface area contributed by atoms with E-state index in [1.54, 1.807) is 11.1 Å². The first kappa shape index (κ1) is 14.9. The molecule has 0 bridgehead atoms. The molecule has 0 radical (unpaired) electrons. The molecule has 2 heterocycles. The molecule has 0 aliphatic carbocycles. The molecule has 7 nitrogen and oxygen atoms in total. The summed E-state index contributed by atoms with van der Waals surface area (Å²) in [7, 11) is -3.66. The zero-order chi connectivity index (χ0) is 14.8. The van der Waals surface area contributed by atoms with Gasteiger partial charge in [-0.2, -0.15) is 12.7 Å². The maximum absolute atomic E-state index is 12.2. The van der Waals surface area contributed by atoms with Crippen molar-refractivity contribution in [3.05, 3.63) is 29.6 Å². The summed E-state index contributed by atoms with van der Waals surface area (Å²) in [5.41, 5.74) is 1.73. The predicted molar refractivity (Wildman–Crippen MR) is 73.9 cm³/mol. The highest BCUT2D eigenvalue weighted by Gasteiger charge is 2.26. The van der Waals surface area contributed by atoms with Crippen LogP contribution in [0.25, 0.3) is 0 Å². The molecule has 8 heteroatoms. The monoisotopic (exact) mass is 298 g/mol. The second kappa shape index (κ2) is 5.86. The highest BCUT2D eigenvalue weighted by Crippen LogP contribution is 2.09. The van der Waals surface area contributed by atoms with Crippen LogP contribution in [-0.4, -0.2) is 54.7 Å². The SMILES string of the molecule is Cc1cccnc1CC(=O)N1CCN(S(N)(=O)=O)CC1. The molecule has 0 saturated carbocycles. The Morgan fingerprint density at radius 3 is 2.55 bits per heavy atom. The summed E-state index contributed by atoms with van der Waals surface area (Å²) in [6.07, 6.45) is 1.90. The topological polar surface area (TPSA) is 96.6 Å². The highest BCUT2D eigenvalue weighted by molar-refractivity contribution is 7.86. The van der Waals surface area contributed by atoms with Crippen molar-refractivity contribution >= 4 is 16.1 Å². The number of nitrogens with zero attached hydrogens (tertiary/aromatic N) is 3. The van der Waals surface area contributed by atoms with Gasteiger partial charge in [0.05, 0.1) is 12.1 Å². The van der Waals surface area contributed by atoms with Crippen molar-refractivity contribution < 1.29 is 13.2 Å². The van der Waals surface area contributed by atoms with E-state index in [4.69, 9.17) is 5.14 Å². The molecule has 1 aliphatic rings. The Labute approximate surface area is 118 Å². The normalized spacial score (nSPS) is 17.2. The first-order chi connectivity index (χ1) is 9.38. The number of aryl methyl sites for hydroxylation is 1. The van der Waals surface area contributed by atoms with Crippen LogP contribution >= 0.6 is 0 Å². The smallest absolute Gasteiger partial charge is 0.277 e. The maximum atomic E-state index is 12.2. The Morgan fingerprint density at radius 2 is 2.00 bits per heavy atom. The summed E-state index contributed by atoms with van der Waals surface area (Å²) in [6.45, 7) is 3.12. The van der Waals surface area contributed by atoms with Crippen molar-refractivity contribution in [3.8, 4) is 0 Å². The number of carbonyl (C=O) groups excluding carboxylic acids is 1. The second-order valence-electron chi connectivity index (χ2n) is 4.77. The molecule has 1 fully saturated rings. The van der Waals surface area contributed by atoms with E-state index >= 15 is 0 Å². The quantitative estimate of drug-likeness (QED) is 0.796. The summed E-state index contributed by atoms with van der Waals surface area (Å²) < 4.78 is 23.6. The average Bonchev–Trinajstić information content (AvgIpc) is 2.40. The Bertz CT molecular complexity index is 594. The van der Waals surface area contributed by atoms with Crippen molar-refractivity contribution in [1.29, 1.82) is 0 Å². The molecule has 1 amide bonds. The molecule has 2 rings (SSSR count). The van der Waals surface area contributed by atoms with Gasteiger partial charge in [0.25, 0.3) is 10.2 Å². The van der Waals surface area contributed by atoms with E-state index in [0.717, 1.165) is 11.3 Å². The molecule has 0 atom stereocenters. The van der Waals surface area contributed by atoms with Crippen LogP contribution < -0.4 is 5.14 Å². The number of piperazine rings is 1. The van der Waals surface area contributed by atoms with Gasteiger partial charge in [0.15, 0.2) is 0 Å². The Kier molecular flexibility index (Phi) is 4.36. The van der Waals surface area contributed by atoms with E-state index < -0.39 is 10.2 Å². The number of rotatable bonds is 3. The van der Waals surface area contributed by atoms with Crippen LogP contribution in [0.15, 0.2) is 18.3 Å². The number of carbonyl (C=O) groups is 1. The molecular weight excluding hydrogens is 280 g/mol. The largest absolute Gasteiger partial charge is 0.340 e. The fourth-order valence-corrected chi connectivity index (χ4v) is 2.82. The van der Waals surface area contributed by atoms with Gasteiger partial charge >= 0.3 is 0 Å². The Hall–Kier alpha value is -1.51. The summed E-state index contributed by atoms with van der Waals surface area (Å²) in [6, 6.07) is 3.74. The van der Waals surface area contributed by atoms with Crippen LogP contribution in [0.3, 0.4) is 0 Å². The standard InChI is InChI=1S/C12H18N4O3S/c1-10-3-2-4-14-11(10)9-12(17)15-5-7-16(8-6-15)20(13,18)19/h2-4H,5-9H2,1H3,(H2,13,18,19). The fraction of sp³-hybridized carbons (Fsp3) is 0.500. The Balaban J connectivity index is 1.94. The number of hydrogen-bond donors (Lipinski definition) is 1. The number of aromatic nitrogens is 1. The van der Waals surface area contributed by atoms with Gasteiger partial charge in [0.1, 0.15) is 0 Å². The molecule has 0 aromatic carbocycles. The molecule has 0 unspecified atom stereocenters. The third-order valence-electron chi connectivity index (χ3n) is 3.39. The number of amides is 1. The van der Waals surface area contributed by atoms with Crippen LogP contribution in [0.5, 0.6) is 0 Å². The van der Waals surface area contributed by atoms with E-state index in [1.807, 2.05) is 19.1 Å². The molecular formula is C12H18N4O3S. The van der Waals surface area contributed by atoms with E-state index in [9.17, 15) is 13.2 Å². The van der Waals surface area contributed by atoms with Gasteiger partial charge < -0.3 is 4.90 Å². The molecule has 110 valence electrons. The summed E-state index contributed by atoms with van der Waals surface area (Å²) in [5.74, 6) is -0.0409. The maximum Gasteiger partial charge on any atom is 0.277 e. The van der Waals surface area contributed by atoms with Gasteiger partial charge in [-0.1, -0.05) is 6.07 Å². The van der Waals surface area contributed by atoms with E-state index in [-0.39, 0.29) is 25.4 Å². The molecule has 1 aromatic heterocycles. The van der Waals surface area contributed by atoms with Gasteiger partial charge in [0, 0.05) is 32.4 Å². The summed E-state index contributed by atoms with van der Waals surface area (Å²) in [4.78, 5) is 18.0. The molecule has 1 aliphatic heterocycles. The lowest BCUT2D eigenvalue weighted by atomic mass is 10.1. The predicted octanol–water partition coefficient (Wildman–Crippen LogP) is -0.720.